The zero-order chi connectivity index (χ0) is 15.8. The molecule has 0 saturated carbocycles. The fourth-order valence-corrected chi connectivity index (χ4v) is 4.70. The first-order valence-electron chi connectivity index (χ1n) is 6.47. The van der Waals surface area contributed by atoms with Gasteiger partial charge in [-0.15, -0.1) is 11.3 Å². The molecule has 7 nitrogen and oxygen atoms in total. The smallest absolute Gasteiger partial charge is 0.250 e. The van der Waals surface area contributed by atoms with Gasteiger partial charge < -0.3 is 20.1 Å². The van der Waals surface area contributed by atoms with Gasteiger partial charge in [-0.3, -0.25) is 0 Å². The minimum atomic E-state index is -3.69. The molecule has 1 saturated heterocycles. The standard InChI is InChI=1S/C12H19NO6S2/c1-6-3-4-20-12(6)21(17,18)13-5-8-10(15)11(16)9(14)7(2)19-8/h3-4,7-11,13-16H,5H2,1-2H3/t7?,8-,9-,10?,11?/m1/s1. The Bertz CT molecular complexity index is 586. The summed E-state index contributed by atoms with van der Waals surface area (Å²) in [6.07, 6.45) is -5.54. The predicted molar refractivity (Wildman–Crippen MR) is 76.6 cm³/mol. The lowest BCUT2D eigenvalue weighted by Gasteiger charge is -2.39. The van der Waals surface area contributed by atoms with Crippen molar-refractivity contribution in [2.24, 2.45) is 0 Å². The lowest BCUT2D eigenvalue weighted by molar-refractivity contribution is -0.214. The van der Waals surface area contributed by atoms with Crippen LogP contribution in [0.3, 0.4) is 0 Å². The quantitative estimate of drug-likeness (QED) is 0.572. The van der Waals surface area contributed by atoms with Crippen LogP contribution in [0.4, 0.5) is 0 Å². The summed E-state index contributed by atoms with van der Waals surface area (Å²) in [5, 5.41) is 30.8. The van der Waals surface area contributed by atoms with E-state index in [2.05, 4.69) is 4.72 Å². The van der Waals surface area contributed by atoms with Gasteiger partial charge in [-0.25, -0.2) is 13.1 Å². The summed E-state index contributed by atoms with van der Waals surface area (Å²) >= 11 is 1.10. The van der Waals surface area contributed by atoms with Crippen molar-refractivity contribution in [1.82, 2.24) is 4.72 Å². The molecule has 0 aliphatic carbocycles. The average Bonchev–Trinajstić information content (AvgIpc) is 2.86. The molecule has 1 fully saturated rings. The molecule has 120 valence electrons. The van der Waals surface area contributed by atoms with Gasteiger partial charge in [0, 0.05) is 6.54 Å². The summed E-state index contributed by atoms with van der Waals surface area (Å²) in [6, 6.07) is 1.70. The molecule has 1 aromatic rings. The van der Waals surface area contributed by atoms with Gasteiger partial charge in [0.15, 0.2) is 0 Å². The number of nitrogens with one attached hydrogen (secondary N) is 1. The lowest BCUT2D eigenvalue weighted by atomic mass is 9.96. The molecule has 1 aliphatic heterocycles. The summed E-state index contributed by atoms with van der Waals surface area (Å²) < 4.78 is 32.2. The fourth-order valence-electron chi connectivity index (χ4n) is 2.20. The van der Waals surface area contributed by atoms with Crippen LogP contribution in [0.1, 0.15) is 12.5 Å². The zero-order valence-electron chi connectivity index (χ0n) is 11.6. The summed E-state index contributed by atoms with van der Waals surface area (Å²) in [5.41, 5.74) is 0.640. The summed E-state index contributed by atoms with van der Waals surface area (Å²) in [5.74, 6) is 0. The molecule has 5 atom stereocenters. The van der Waals surface area contributed by atoms with E-state index in [1.807, 2.05) is 0 Å². The van der Waals surface area contributed by atoms with E-state index in [-0.39, 0.29) is 10.8 Å². The Kier molecular flexibility index (Phi) is 5.03. The van der Waals surface area contributed by atoms with Gasteiger partial charge >= 0.3 is 0 Å². The van der Waals surface area contributed by atoms with E-state index in [1.165, 1.54) is 0 Å². The van der Waals surface area contributed by atoms with E-state index in [0.717, 1.165) is 11.3 Å². The van der Waals surface area contributed by atoms with Crippen LogP contribution in [0.5, 0.6) is 0 Å². The molecule has 1 aliphatic rings. The van der Waals surface area contributed by atoms with Crippen molar-refractivity contribution in [3.05, 3.63) is 17.0 Å². The highest BCUT2D eigenvalue weighted by Crippen LogP contribution is 2.23. The lowest BCUT2D eigenvalue weighted by Crippen LogP contribution is -2.59. The van der Waals surface area contributed by atoms with Crippen LogP contribution >= 0.6 is 11.3 Å². The Morgan fingerprint density at radius 2 is 1.95 bits per heavy atom. The van der Waals surface area contributed by atoms with Crippen LogP contribution in [-0.2, 0) is 14.8 Å². The Labute approximate surface area is 127 Å². The van der Waals surface area contributed by atoms with Crippen LogP contribution in [0, 0.1) is 6.92 Å². The number of rotatable bonds is 4. The number of hydrogen-bond donors (Lipinski definition) is 4. The minimum Gasteiger partial charge on any atom is -0.388 e. The Morgan fingerprint density at radius 1 is 1.29 bits per heavy atom. The van der Waals surface area contributed by atoms with E-state index in [9.17, 15) is 23.7 Å². The van der Waals surface area contributed by atoms with Crippen molar-refractivity contribution in [3.63, 3.8) is 0 Å². The maximum absolute atomic E-state index is 12.1. The molecule has 2 rings (SSSR count). The molecular weight excluding hydrogens is 318 g/mol. The Hall–Kier alpha value is -0.550. The van der Waals surface area contributed by atoms with Gasteiger partial charge in [0.25, 0.3) is 0 Å². The van der Waals surface area contributed by atoms with Crippen LogP contribution in [0.2, 0.25) is 0 Å². The van der Waals surface area contributed by atoms with E-state index in [4.69, 9.17) is 4.74 Å². The van der Waals surface area contributed by atoms with E-state index in [0.29, 0.717) is 5.56 Å². The number of aryl methyl sites for hydroxylation is 1. The number of aliphatic hydroxyl groups excluding tert-OH is 3. The van der Waals surface area contributed by atoms with Crippen molar-refractivity contribution in [2.45, 2.75) is 48.6 Å². The van der Waals surface area contributed by atoms with E-state index in [1.54, 1.807) is 25.3 Å². The SMILES string of the molecule is Cc1ccsc1S(=O)(=O)NC[C@H]1OC(C)[C@@H](O)C(O)C1O. The molecule has 2 heterocycles. The van der Waals surface area contributed by atoms with Gasteiger partial charge in [-0.05, 0) is 30.9 Å². The third-order valence-corrected chi connectivity index (χ3v) is 6.60. The topological polar surface area (TPSA) is 116 Å². The van der Waals surface area contributed by atoms with Crippen molar-refractivity contribution in [3.8, 4) is 0 Å². The number of aliphatic hydroxyl groups is 3. The first kappa shape index (κ1) is 16.8. The summed E-state index contributed by atoms with van der Waals surface area (Å²) in [4.78, 5) is 0. The molecule has 0 amide bonds. The van der Waals surface area contributed by atoms with Crippen molar-refractivity contribution in [1.29, 1.82) is 0 Å². The fraction of sp³-hybridized carbons (Fsp3) is 0.667. The Balaban J connectivity index is 2.04. The van der Waals surface area contributed by atoms with Gasteiger partial charge in [0.1, 0.15) is 28.6 Å². The number of ether oxygens (including phenoxy) is 1. The molecular formula is C12H19NO6S2. The minimum absolute atomic E-state index is 0.186. The molecule has 3 unspecified atom stereocenters. The van der Waals surface area contributed by atoms with Crippen molar-refractivity contribution >= 4 is 21.4 Å². The van der Waals surface area contributed by atoms with Crippen molar-refractivity contribution < 1.29 is 28.5 Å². The van der Waals surface area contributed by atoms with Crippen LogP contribution in [0.25, 0.3) is 0 Å². The first-order valence-corrected chi connectivity index (χ1v) is 8.83. The molecule has 0 spiro atoms. The first-order chi connectivity index (χ1) is 9.74. The highest BCUT2D eigenvalue weighted by Gasteiger charge is 2.42. The van der Waals surface area contributed by atoms with Gasteiger partial charge in [0.05, 0.1) is 6.10 Å². The zero-order valence-corrected chi connectivity index (χ0v) is 13.3. The molecule has 9 heteroatoms. The second kappa shape index (κ2) is 6.29. The highest BCUT2D eigenvalue weighted by molar-refractivity contribution is 7.91. The maximum Gasteiger partial charge on any atom is 0.250 e. The van der Waals surface area contributed by atoms with Crippen LogP contribution < -0.4 is 4.72 Å². The molecule has 4 N–H and O–H groups in total. The molecule has 21 heavy (non-hydrogen) atoms. The number of thiophene rings is 1. The monoisotopic (exact) mass is 337 g/mol. The van der Waals surface area contributed by atoms with E-state index >= 15 is 0 Å². The molecule has 0 aromatic carbocycles. The van der Waals surface area contributed by atoms with Gasteiger partial charge in [0.2, 0.25) is 10.0 Å². The van der Waals surface area contributed by atoms with E-state index < -0.39 is 40.5 Å². The van der Waals surface area contributed by atoms with Crippen LogP contribution in [-0.4, -0.2) is 60.8 Å². The number of sulfonamides is 1. The third kappa shape index (κ3) is 3.45. The van der Waals surface area contributed by atoms with Gasteiger partial charge in [-0.2, -0.15) is 0 Å². The molecule has 0 bridgehead atoms. The molecule has 0 radical (unpaired) electrons. The average molecular weight is 337 g/mol. The number of hydrogen-bond acceptors (Lipinski definition) is 7. The summed E-state index contributed by atoms with van der Waals surface area (Å²) in [7, 11) is -3.69. The Morgan fingerprint density at radius 3 is 2.52 bits per heavy atom. The highest BCUT2D eigenvalue weighted by atomic mass is 32.2. The maximum atomic E-state index is 12.1. The third-order valence-electron chi connectivity index (χ3n) is 3.48. The van der Waals surface area contributed by atoms with Crippen LogP contribution in [0.15, 0.2) is 15.7 Å². The second-order valence-electron chi connectivity index (χ2n) is 5.09. The van der Waals surface area contributed by atoms with Crippen molar-refractivity contribution in [2.75, 3.05) is 6.54 Å². The largest absolute Gasteiger partial charge is 0.388 e. The predicted octanol–water partition coefficient (Wildman–Crippen LogP) is -0.795. The van der Waals surface area contributed by atoms with Gasteiger partial charge in [-0.1, -0.05) is 0 Å². The molecule has 1 aromatic heterocycles. The summed E-state index contributed by atoms with van der Waals surface area (Å²) in [6.45, 7) is 3.05. The normalized spacial score (nSPS) is 34.0. The second-order valence-corrected chi connectivity index (χ2v) is 7.97.